The number of nitrogens with zero attached hydrogens (tertiary/aromatic N) is 5. The Morgan fingerprint density at radius 1 is 1.03 bits per heavy atom. The van der Waals surface area contributed by atoms with Crippen molar-refractivity contribution in [2.75, 3.05) is 32.2 Å². The van der Waals surface area contributed by atoms with Gasteiger partial charge >= 0.3 is 0 Å². The van der Waals surface area contributed by atoms with Crippen LogP contribution in [0.5, 0.6) is 0 Å². The molecule has 0 bridgehead atoms. The summed E-state index contributed by atoms with van der Waals surface area (Å²) in [4.78, 5) is 14.7. The normalized spacial score (nSPS) is 24.3. The second-order valence-electron chi connectivity index (χ2n) is 8.50. The average Bonchev–Trinajstić information content (AvgIpc) is 3.51. The first-order valence-electron chi connectivity index (χ1n) is 10.7. The Morgan fingerprint density at radius 3 is 2.47 bits per heavy atom. The van der Waals surface area contributed by atoms with Crippen LogP contribution in [-0.4, -0.2) is 71.7 Å². The minimum atomic E-state index is -0.248. The molecule has 4 atom stereocenters. The molecule has 0 aliphatic carbocycles. The second-order valence-corrected chi connectivity index (χ2v) is 8.50. The van der Waals surface area contributed by atoms with Gasteiger partial charge in [-0.2, -0.15) is 0 Å². The number of aryl methyl sites for hydroxylation is 1. The lowest BCUT2D eigenvalue weighted by Gasteiger charge is -2.18. The van der Waals surface area contributed by atoms with Gasteiger partial charge in [-0.05, 0) is 53.7 Å². The van der Waals surface area contributed by atoms with Crippen LogP contribution in [0.25, 0.3) is 11.4 Å². The van der Waals surface area contributed by atoms with Crippen molar-refractivity contribution in [2.45, 2.75) is 31.2 Å². The minimum absolute atomic E-state index is 0.129. The quantitative estimate of drug-likeness (QED) is 0.655. The summed E-state index contributed by atoms with van der Waals surface area (Å²) in [5, 5.41) is 15.4. The maximum atomic E-state index is 12.7. The van der Waals surface area contributed by atoms with Crippen LogP contribution < -0.4 is 10.2 Å². The largest absolute Gasteiger partial charge is 0.378 e. The molecular weight excluding hydrogens is 408 g/mol. The van der Waals surface area contributed by atoms with E-state index < -0.39 is 0 Å². The number of nitrogens with one attached hydrogen (secondary N) is 1. The molecule has 2 aliphatic heterocycles. The number of aromatic nitrogens is 4. The van der Waals surface area contributed by atoms with E-state index in [0.717, 1.165) is 16.8 Å². The summed E-state index contributed by atoms with van der Waals surface area (Å²) in [7, 11) is 4.00. The third-order valence-electron chi connectivity index (χ3n) is 6.11. The van der Waals surface area contributed by atoms with Crippen molar-refractivity contribution in [2.24, 2.45) is 0 Å². The lowest BCUT2D eigenvalue weighted by Crippen LogP contribution is -2.44. The Labute approximate surface area is 186 Å². The van der Waals surface area contributed by atoms with Gasteiger partial charge in [-0.1, -0.05) is 17.7 Å². The van der Waals surface area contributed by atoms with Gasteiger partial charge in [-0.15, -0.1) is 5.10 Å². The van der Waals surface area contributed by atoms with Gasteiger partial charge in [0, 0.05) is 30.9 Å². The number of ether oxygens (including phenoxy) is 2. The van der Waals surface area contributed by atoms with Crippen LogP contribution in [0.2, 0.25) is 0 Å². The maximum Gasteiger partial charge on any atom is 0.251 e. The third-order valence-corrected chi connectivity index (χ3v) is 6.11. The zero-order valence-electron chi connectivity index (χ0n) is 18.3. The molecule has 9 heteroatoms. The SMILES string of the molecule is Cc1ccc(C(=O)N[C@H]2CO[C@H]3[C@@H]2OC[C@@H]3n2nnnc2-c2ccc(N(C)C)cc2)cc1. The summed E-state index contributed by atoms with van der Waals surface area (Å²) in [6, 6.07) is 15.2. The lowest BCUT2D eigenvalue weighted by atomic mass is 10.0. The second kappa shape index (κ2) is 8.33. The van der Waals surface area contributed by atoms with Gasteiger partial charge in [0.1, 0.15) is 18.2 Å². The minimum Gasteiger partial charge on any atom is -0.378 e. The van der Waals surface area contributed by atoms with E-state index in [2.05, 4.69) is 20.8 Å². The van der Waals surface area contributed by atoms with Gasteiger partial charge < -0.3 is 19.7 Å². The van der Waals surface area contributed by atoms with Crippen LogP contribution in [0, 0.1) is 6.92 Å². The van der Waals surface area contributed by atoms with Crippen LogP contribution in [-0.2, 0) is 9.47 Å². The van der Waals surface area contributed by atoms with Gasteiger partial charge in [0.25, 0.3) is 5.91 Å². The van der Waals surface area contributed by atoms with Crippen molar-refractivity contribution in [3.8, 4) is 11.4 Å². The van der Waals surface area contributed by atoms with Gasteiger partial charge in [0.15, 0.2) is 5.82 Å². The molecule has 0 unspecified atom stereocenters. The highest BCUT2D eigenvalue weighted by molar-refractivity contribution is 5.94. The number of hydrogen-bond acceptors (Lipinski definition) is 7. The zero-order valence-corrected chi connectivity index (χ0v) is 18.3. The average molecular weight is 435 g/mol. The summed E-state index contributed by atoms with van der Waals surface area (Å²) in [6.45, 7) is 2.80. The molecule has 1 amide bonds. The molecule has 2 aromatic carbocycles. The molecule has 2 saturated heterocycles. The highest BCUT2D eigenvalue weighted by Crippen LogP contribution is 2.36. The monoisotopic (exact) mass is 434 g/mol. The number of amides is 1. The standard InChI is InChI=1S/C23H26N6O3/c1-14-4-6-16(7-5-14)23(30)24-18-12-31-21-19(13-32-20(18)21)29-22(25-26-27-29)15-8-10-17(11-9-15)28(2)3/h4-11,18-21H,12-13H2,1-3H3,(H,24,30)/t18-,19-,20+,21+/m0/s1. The molecule has 166 valence electrons. The van der Waals surface area contributed by atoms with Crippen LogP contribution in [0.4, 0.5) is 5.69 Å². The smallest absolute Gasteiger partial charge is 0.251 e. The molecule has 32 heavy (non-hydrogen) atoms. The molecule has 5 rings (SSSR count). The summed E-state index contributed by atoms with van der Waals surface area (Å²) in [5.74, 6) is 0.538. The summed E-state index contributed by atoms with van der Waals surface area (Å²) < 4.78 is 13.9. The number of benzene rings is 2. The van der Waals surface area contributed by atoms with E-state index in [1.165, 1.54) is 0 Å². The summed E-state index contributed by atoms with van der Waals surface area (Å²) in [6.07, 6.45) is -0.482. The molecule has 2 fully saturated rings. The maximum absolute atomic E-state index is 12.7. The number of hydrogen-bond donors (Lipinski definition) is 1. The number of fused-ring (bicyclic) bond motifs is 1. The fourth-order valence-corrected chi connectivity index (χ4v) is 4.28. The van der Waals surface area contributed by atoms with Crippen molar-refractivity contribution < 1.29 is 14.3 Å². The molecule has 3 heterocycles. The van der Waals surface area contributed by atoms with E-state index in [9.17, 15) is 4.79 Å². The van der Waals surface area contributed by atoms with Crippen molar-refractivity contribution in [3.05, 3.63) is 59.7 Å². The fraction of sp³-hybridized carbons (Fsp3) is 0.391. The Bertz CT molecular complexity index is 1100. The highest BCUT2D eigenvalue weighted by atomic mass is 16.6. The summed E-state index contributed by atoms with van der Waals surface area (Å²) in [5.41, 5.74) is 3.76. The van der Waals surface area contributed by atoms with Gasteiger partial charge in [0.05, 0.1) is 19.3 Å². The Hall–Kier alpha value is -3.30. The molecule has 0 saturated carbocycles. The van der Waals surface area contributed by atoms with Gasteiger partial charge in [0.2, 0.25) is 0 Å². The first kappa shape index (κ1) is 20.6. The van der Waals surface area contributed by atoms with Crippen LogP contribution in [0.1, 0.15) is 22.0 Å². The van der Waals surface area contributed by atoms with Crippen LogP contribution >= 0.6 is 0 Å². The zero-order chi connectivity index (χ0) is 22.2. The first-order chi connectivity index (χ1) is 15.5. The predicted octanol–water partition coefficient (Wildman–Crippen LogP) is 1.85. The van der Waals surface area contributed by atoms with E-state index in [1.807, 2.05) is 74.4 Å². The van der Waals surface area contributed by atoms with E-state index in [0.29, 0.717) is 24.6 Å². The van der Waals surface area contributed by atoms with Gasteiger partial charge in [-0.25, -0.2) is 4.68 Å². The number of carbonyl (C=O) groups is 1. The van der Waals surface area contributed by atoms with E-state index in [1.54, 1.807) is 4.68 Å². The Morgan fingerprint density at radius 2 is 1.75 bits per heavy atom. The third kappa shape index (κ3) is 3.74. The van der Waals surface area contributed by atoms with Gasteiger partial charge in [-0.3, -0.25) is 4.79 Å². The predicted molar refractivity (Wildman–Crippen MR) is 119 cm³/mol. The lowest BCUT2D eigenvalue weighted by molar-refractivity contribution is 0.0615. The molecule has 0 radical (unpaired) electrons. The summed E-state index contributed by atoms with van der Waals surface area (Å²) >= 11 is 0. The molecule has 0 spiro atoms. The molecule has 3 aromatic rings. The van der Waals surface area contributed by atoms with Crippen molar-refractivity contribution >= 4 is 11.6 Å². The Balaban J connectivity index is 1.31. The fourth-order valence-electron chi connectivity index (χ4n) is 4.28. The van der Waals surface area contributed by atoms with Crippen molar-refractivity contribution in [1.82, 2.24) is 25.5 Å². The number of tetrazole rings is 1. The van der Waals surface area contributed by atoms with Crippen LogP contribution in [0.3, 0.4) is 0 Å². The molecule has 1 aromatic heterocycles. The topological polar surface area (TPSA) is 94.4 Å². The highest BCUT2D eigenvalue weighted by Gasteiger charge is 2.50. The Kier molecular flexibility index (Phi) is 5.36. The molecule has 1 N–H and O–H groups in total. The molecule has 2 aliphatic rings. The first-order valence-corrected chi connectivity index (χ1v) is 10.7. The van der Waals surface area contributed by atoms with Crippen molar-refractivity contribution in [1.29, 1.82) is 0 Å². The number of carbonyl (C=O) groups excluding carboxylic acids is 1. The van der Waals surface area contributed by atoms with E-state index >= 15 is 0 Å². The van der Waals surface area contributed by atoms with E-state index in [4.69, 9.17) is 9.47 Å². The van der Waals surface area contributed by atoms with E-state index in [-0.39, 0.29) is 30.2 Å². The molecule has 9 nitrogen and oxygen atoms in total. The van der Waals surface area contributed by atoms with Crippen molar-refractivity contribution in [3.63, 3.8) is 0 Å². The van der Waals surface area contributed by atoms with Crippen LogP contribution in [0.15, 0.2) is 48.5 Å². The number of rotatable bonds is 5. The number of anilines is 1. The molecular formula is C23H26N6O3.